The van der Waals surface area contributed by atoms with Crippen molar-refractivity contribution in [1.29, 1.82) is 0 Å². The van der Waals surface area contributed by atoms with E-state index in [0.717, 1.165) is 12.1 Å². The Kier molecular flexibility index (Phi) is 7.97. The largest absolute Gasteiger partial charge is 0.481 e. The molecule has 0 spiro atoms. The number of amides is 1. The molecule has 1 aromatic carbocycles. The van der Waals surface area contributed by atoms with Crippen LogP contribution in [-0.2, 0) is 27.7 Å². The zero-order chi connectivity index (χ0) is 27.8. The van der Waals surface area contributed by atoms with Gasteiger partial charge in [0.2, 0.25) is 0 Å². The van der Waals surface area contributed by atoms with Crippen LogP contribution in [0.15, 0.2) is 18.2 Å². The first-order valence-corrected chi connectivity index (χ1v) is 11.2. The fourth-order valence-corrected chi connectivity index (χ4v) is 4.74. The molecule has 1 heterocycles. The first-order valence-electron chi connectivity index (χ1n) is 11.2. The molecule has 3 rings (SSSR count). The number of carbonyl (C=O) groups is 2. The van der Waals surface area contributed by atoms with Crippen molar-refractivity contribution in [3.63, 3.8) is 0 Å². The van der Waals surface area contributed by atoms with Crippen LogP contribution in [0.25, 0.3) is 0 Å². The molecule has 2 aliphatic rings. The van der Waals surface area contributed by atoms with Crippen LogP contribution in [0.5, 0.6) is 0 Å². The SMILES string of the molecule is O=C(OC(C(F)(F)F)C(F)(F)F)N1CCN(Cc2ccc(C(F)(F)F)cc2C2(C(=O)O)CCCC2)CC1. The summed E-state index contributed by atoms with van der Waals surface area (Å²) in [6.45, 7) is -0.724. The monoisotopic (exact) mass is 550 g/mol. The molecule has 6 nitrogen and oxygen atoms in total. The molecule has 2 fully saturated rings. The Balaban J connectivity index is 1.75. The van der Waals surface area contributed by atoms with E-state index in [1.165, 1.54) is 6.07 Å². The van der Waals surface area contributed by atoms with E-state index in [1.807, 2.05) is 0 Å². The fourth-order valence-electron chi connectivity index (χ4n) is 4.74. The van der Waals surface area contributed by atoms with Crippen LogP contribution in [-0.4, -0.2) is 71.6 Å². The van der Waals surface area contributed by atoms with Gasteiger partial charge in [-0.2, -0.15) is 39.5 Å². The number of rotatable bonds is 5. The average molecular weight is 550 g/mol. The maximum absolute atomic E-state index is 13.4. The maximum atomic E-state index is 13.4. The van der Waals surface area contributed by atoms with E-state index in [-0.39, 0.29) is 51.1 Å². The molecule has 37 heavy (non-hydrogen) atoms. The van der Waals surface area contributed by atoms with Gasteiger partial charge in [-0.15, -0.1) is 0 Å². The molecule has 0 aromatic heterocycles. The van der Waals surface area contributed by atoms with Gasteiger partial charge >= 0.3 is 30.6 Å². The molecule has 1 N–H and O–H groups in total. The topological polar surface area (TPSA) is 70.1 Å². The van der Waals surface area contributed by atoms with E-state index in [2.05, 4.69) is 4.74 Å². The molecule has 0 unspecified atom stereocenters. The number of carboxylic acids is 1. The highest BCUT2D eigenvalue weighted by atomic mass is 19.4. The number of hydrogen-bond donors (Lipinski definition) is 1. The highest BCUT2D eigenvalue weighted by Gasteiger charge is 2.60. The van der Waals surface area contributed by atoms with Crippen LogP contribution in [0.3, 0.4) is 0 Å². The number of hydrogen-bond acceptors (Lipinski definition) is 4. The summed E-state index contributed by atoms with van der Waals surface area (Å²) in [6, 6.07) is 2.83. The van der Waals surface area contributed by atoms with Gasteiger partial charge in [-0.1, -0.05) is 18.9 Å². The molecule has 1 saturated heterocycles. The summed E-state index contributed by atoms with van der Waals surface area (Å²) in [7, 11) is 0. The molecular formula is C22H23F9N2O4. The van der Waals surface area contributed by atoms with Crippen molar-refractivity contribution < 1.29 is 58.9 Å². The number of piperazine rings is 1. The molecule has 1 amide bonds. The maximum Gasteiger partial charge on any atom is 0.434 e. The molecule has 0 atom stereocenters. The molecule has 15 heteroatoms. The van der Waals surface area contributed by atoms with Crippen molar-refractivity contribution in [2.45, 2.75) is 62.3 Å². The Morgan fingerprint density at radius 2 is 1.46 bits per heavy atom. The van der Waals surface area contributed by atoms with Crippen LogP contribution in [0.1, 0.15) is 42.4 Å². The summed E-state index contributed by atoms with van der Waals surface area (Å²) in [6.07, 6.45) is -21.2. The lowest BCUT2D eigenvalue weighted by Crippen LogP contribution is -2.52. The summed E-state index contributed by atoms with van der Waals surface area (Å²) in [5, 5.41) is 9.91. The summed E-state index contributed by atoms with van der Waals surface area (Å²) < 4.78 is 120. The van der Waals surface area contributed by atoms with Gasteiger partial charge < -0.3 is 14.7 Å². The lowest BCUT2D eigenvalue weighted by atomic mass is 9.76. The molecule has 208 valence electrons. The van der Waals surface area contributed by atoms with Crippen LogP contribution in [0.2, 0.25) is 0 Å². The minimum Gasteiger partial charge on any atom is -0.481 e. The van der Waals surface area contributed by atoms with Crippen molar-refractivity contribution in [1.82, 2.24) is 9.80 Å². The second-order valence-corrected chi connectivity index (χ2v) is 9.07. The highest BCUT2D eigenvalue weighted by Crippen LogP contribution is 2.45. The quantitative estimate of drug-likeness (QED) is 0.501. The van der Waals surface area contributed by atoms with Crippen LogP contribution >= 0.6 is 0 Å². The second-order valence-electron chi connectivity index (χ2n) is 9.07. The van der Waals surface area contributed by atoms with Crippen LogP contribution in [0, 0.1) is 0 Å². The number of alkyl halides is 9. The standard InChI is InChI=1S/C22H23F9N2O4/c23-20(24,25)14-4-3-13(15(11-14)19(17(34)35)5-1-2-6-19)12-32-7-9-33(10-8-32)18(36)37-16(21(26,27)28)22(29,30)31/h3-4,11,16H,1-2,5-10,12H2,(H,34,35). The van der Waals surface area contributed by atoms with Crippen molar-refractivity contribution in [3.8, 4) is 0 Å². The number of nitrogens with zero attached hydrogens (tertiary/aromatic N) is 2. The number of ether oxygens (including phenoxy) is 1. The van der Waals surface area contributed by atoms with Gasteiger partial charge in [0.25, 0.3) is 6.10 Å². The Bertz CT molecular complexity index is 979. The average Bonchev–Trinajstić information content (AvgIpc) is 3.27. The van der Waals surface area contributed by atoms with Gasteiger partial charge in [0.1, 0.15) is 0 Å². The molecule has 0 radical (unpaired) electrons. The minimum atomic E-state index is -5.85. The smallest absolute Gasteiger partial charge is 0.434 e. The summed E-state index contributed by atoms with van der Waals surface area (Å²) in [5.41, 5.74) is -2.18. The first kappa shape index (κ1) is 28.9. The summed E-state index contributed by atoms with van der Waals surface area (Å²) in [5.74, 6) is -1.25. The zero-order valence-corrected chi connectivity index (χ0v) is 19.1. The van der Waals surface area contributed by atoms with Crippen molar-refractivity contribution in [3.05, 3.63) is 34.9 Å². The van der Waals surface area contributed by atoms with Crippen LogP contribution < -0.4 is 0 Å². The van der Waals surface area contributed by atoms with Gasteiger partial charge in [0.15, 0.2) is 0 Å². The lowest BCUT2D eigenvalue weighted by molar-refractivity contribution is -0.308. The van der Waals surface area contributed by atoms with E-state index >= 15 is 0 Å². The lowest BCUT2D eigenvalue weighted by Gasteiger charge is -2.36. The predicted octanol–water partition coefficient (Wildman–Crippen LogP) is 5.35. The van der Waals surface area contributed by atoms with E-state index in [4.69, 9.17) is 0 Å². The molecule has 1 aliphatic carbocycles. The van der Waals surface area contributed by atoms with Gasteiger partial charge in [-0.25, -0.2) is 4.79 Å². The fraction of sp³-hybridized carbons (Fsp3) is 0.636. The van der Waals surface area contributed by atoms with Gasteiger partial charge in [0.05, 0.1) is 11.0 Å². The Morgan fingerprint density at radius 1 is 0.919 bits per heavy atom. The Morgan fingerprint density at radius 3 is 1.92 bits per heavy atom. The molecular weight excluding hydrogens is 527 g/mol. The van der Waals surface area contributed by atoms with Crippen molar-refractivity contribution in [2.75, 3.05) is 26.2 Å². The van der Waals surface area contributed by atoms with Crippen molar-refractivity contribution in [2.24, 2.45) is 0 Å². The third-order valence-electron chi connectivity index (χ3n) is 6.66. The third kappa shape index (κ3) is 6.41. The minimum absolute atomic E-state index is 0.0207. The molecule has 0 bridgehead atoms. The van der Waals surface area contributed by atoms with Gasteiger partial charge in [-0.05, 0) is 36.1 Å². The van der Waals surface area contributed by atoms with E-state index < -0.39 is 47.7 Å². The summed E-state index contributed by atoms with van der Waals surface area (Å²) >= 11 is 0. The van der Waals surface area contributed by atoms with E-state index in [0.29, 0.717) is 23.3 Å². The number of carboxylic acid groups (broad SMARTS) is 1. The molecule has 1 aromatic rings. The number of halogens is 9. The van der Waals surface area contributed by atoms with Gasteiger partial charge in [0, 0.05) is 32.7 Å². The second kappa shape index (κ2) is 10.2. The van der Waals surface area contributed by atoms with Crippen molar-refractivity contribution >= 4 is 12.1 Å². The predicted molar refractivity (Wildman–Crippen MR) is 108 cm³/mol. The first-order chi connectivity index (χ1) is 16.9. The van der Waals surface area contributed by atoms with E-state index in [1.54, 1.807) is 4.90 Å². The third-order valence-corrected chi connectivity index (χ3v) is 6.66. The summed E-state index contributed by atoms with van der Waals surface area (Å²) in [4.78, 5) is 26.4. The van der Waals surface area contributed by atoms with Gasteiger partial charge in [-0.3, -0.25) is 9.69 Å². The highest BCUT2D eigenvalue weighted by molar-refractivity contribution is 5.82. The Labute approximate surface area is 204 Å². The van der Waals surface area contributed by atoms with Crippen LogP contribution in [0.4, 0.5) is 44.3 Å². The van der Waals surface area contributed by atoms with E-state index in [9.17, 15) is 54.2 Å². The number of carbonyl (C=O) groups excluding carboxylic acids is 1. The number of aliphatic carboxylic acids is 1. The number of benzene rings is 1. The molecule has 1 aliphatic heterocycles. The molecule has 1 saturated carbocycles. The Hall–Kier alpha value is -2.71. The zero-order valence-electron chi connectivity index (χ0n) is 19.1. The normalized spacial score (nSPS) is 19.4.